The summed E-state index contributed by atoms with van der Waals surface area (Å²) in [5, 5.41) is 9.06. The summed E-state index contributed by atoms with van der Waals surface area (Å²) in [6.45, 7) is 0.654. The Hall–Kier alpha value is -2.05. The van der Waals surface area contributed by atoms with Crippen LogP contribution in [0.2, 0.25) is 0 Å². The minimum Gasteiger partial charge on any atom is -0.489 e. The number of aliphatic hydroxyl groups is 1. The molecule has 2 aromatic carbocycles. The zero-order valence-corrected chi connectivity index (χ0v) is 13.9. The lowest BCUT2D eigenvalue weighted by Crippen LogP contribution is -2.25. The summed E-state index contributed by atoms with van der Waals surface area (Å²) in [5.74, 6) is 0.722. The average Bonchev–Trinajstić information content (AvgIpc) is 2.95. The van der Waals surface area contributed by atoms with Gasteiger partial charge in [0.15, 0.2) is 0 Å². The number of carbonyl (C=O) groups is 1. The fraction of sp³-hybridized carbons (Fsp3) is 0.235. The first-order valence-electron chi connectivity index (χ1n) is 7.22. The van der Waals surface area contributed by atoms with E-state index >= 15 is 0 Å². The van der Waals surface area contributed by atoms with Crippen molar-refractivity contribution >= 4 is 27.7 Å². The van der Waals surface area contributed by atoms with Crippen molar-refractivity contribution < 1.29 is 19.4 Å². The molecule has 5 nitrogen and oxygen atoms in total. The third-order valence-corrected chi connectivity index (χ3v) is 4.01. The molecule has 0 saturated carbocycles. The molecule has 6 heteroatoms. The maximum absolute atomic E-state index is 11.7. The molecule has 1 N–H and O–H groups in total. The van der Waals surface area contributed by atoms with Crippen molar-refractivity contribution in [2.75, 3.05) is 18.1 Å². The predicted molar refractivity (Wildman–Crippen MR) is 89.6 cm³/mol. The number of hydrogen-bond donors (Lipinski definition) is 1. The Morgan fingerprint density at radius 3 is 2.70 bits per heavy atom. The highest BCUT2D eigenvalue weighted by Gasteiger charge is 2.31. The van der Waals surface area contributed by atoms with Crippen molar-refractivity contribution in [3.05, 3.63) is 58.6 Å². The van der Waals surface area contributed by atoms with Gasteiger partial charge in [-0.1, -0.05) is 28.1 Å². The first-order chi connectivity index (χ1) is 11.2. The van der Waals surface area contributed by atoms with Gasteiger partial charge in [0.25, 0.3) is 0 Å². The Balaban J connectivity index is 1.62. The van der Waals surface area contributed by atoms with Crippen LogP contribution < -0.4 is 9.64 Å². The van der Waals surface area contributed by atoms with Crippen LogP contribution in [0.15, 0.2) is 53.0 Å². The lowest BCUT2D eigenvalue weighted by Gasteiger charge is -2.13. The van der Waals surface area contributed by atoms with Gasteiger partial charge in [-0.25, -0.2) is 4.79 Å². The molecule has 0 aliphatic carbocycles. The third kappa shape index (κ3) is 3.83. The number of benzene rings is 2. The Morgan fingerprint density at radius 2 is 2.04 bits per heavy atom. The zero-order valence-electron chi connectivity index (χ0n) is 12.3. The molecule has 1 aliphatic rings. The molecular weight excluding hydrogens is 362 g/mol. The van der Waals surface area contributed by atoms with Gasteiger partial charge >= 0.3 is 6.09 Å². The van der Waals surface area contributed by atoms with Crippen LogP contribution in [0, 0.1) is 0 Å². The molecular formula is C17H16BrNO4. The molecule has 1 heterocycles. The molecule has 1 fully saturated rings. The van der Waals surface area contributed by atoms with Gasteiger partial charge < -0.3 is 14.6 Å². The molecule has 2 aromatic rings. The Kier molecular flexibility index (Phi) is 4.83. The highest BCUT2D eigenvalue weighted by molar-refractivity contribution is 9.10. The maximum atomic E-state index is 11.7. The first-order valence-corrected chi connectivity index (χ1v) is 8.01. The Bertz CT molecular complexity index is 689. The molecule has 1 amide bonds. The molecule has 0 spiro atoms. The second-order valence-electron chi connectivity index (χ2n) is 5.21. The predicted octanol–water partition coefficient (Wildman–Crippen LogP) is 3.35. The molecule has 0 radical (unpaired) electrons. The summed E-state index contributed by atoms with van der Waals surface area (Å²) in [6, 6.07) is 15.2. The van der Waals surface area contributed by atoms with E-state index in [4.69, 9.17) is 14.6 Å². The largest absolute Gasteiger partial charge is 0.489 e. The van der Waals surface area contributed by atoms with Crippen LogP contribution in [-0.2, 0) is 11.3 Å². The number of anilines is 1. The van der Waals surface area contributed by atoms with E-state index in [9.17, 15) is 4.79 Å². The first kappa shape index (κ1) is 15.8. The van der Waals surface area contributed by atoms with Crippen molar-refractivity contribution in [1.82, 2.24) is 0 Å². The zero-order chi connectivity index (χ0) is 16.2. The number of hydrogen-bond acceptors (Lipinski definition) is 4. The van der Waals surface area contributed by atoms with E-state index in [0.717, 1.165) is 21.5 Å². The van der Waals surface area contributed by atoms with Crippen molar-refractivity contribution in [1.29, 1.82) is 0 Å². The summed E-state index contributed by atoms with van der Waals surface area (Å²) >= 11 is 3.43. The lowest BCUT2D eigenvalue weighted by atomic mass is 10.2. The number of carbonyl (C=O) groups excluding carboxylic acids is 1. The molecule has 1 aliphatic heterocycles. The van der Waals surface area contributed by atoms with Crippen LogP contribution in [0.4, 0.5) is 10.5 Å². The highest BCUT2D eigenvalue weighted by atomic mass is 79.9. The molecule has 0 aromatic heterocycles. The van der Waals surface area contributed by atoms with Gasteiger partial charge in [0.05, 0.1) is 13.2 Å². The molecule has 1 unspecified atom stereocenters. The number of amides is 1. The Labute approximate surface area is 142 Å². The highest BCUT2D eigenvalue weighted by Crippen LogP contribution is 2.24. The molecule has 3 rings (SSSR count). The number of cyclic esters (lactones) is 1. The van der Waals surface area contributed by atoms with Crippen molar-refractivity contribution in [2.24, 2.45) is 0 Å². The second kappa shape index (κ2) is 7.02. The lowest BCUT2D eigenvalue weighted by molar-refractivity contribution is 0.0963. The fourth-order valence-electron chi connectivity index (χ4n) is 2.34. The van der Waals surface area contributed by atoms with E-state index < -0.39 is 12.2 Å². The van der Waals surface area contributed by atoms with Crippen molar-refractivity contribution in [2.45, 2.75) is 12.7 Å². The van der Waals surface area contributed by atoms with Gasteiger partial charge in [0.1, 0.15) is 18.5 Å². The van der Waals surface area contributed by atoms with Crippen LogP contribution in [0.1, 0.15) is 5.56 Å². The molecule has 1 atom stereocenters. The SMILES string of the molecule is O=C1OC(CO)CN1c1ccc(OCc2cccc(Br)c2)cc1. The van der Waals surface area contributed by atoms with Crippen molar-refractivity contribution in [3.63, 3.8) is 0 Å². The number of aliphatic hydroxyl groups excluding tert-OH is 1. The summed E-state index contributed by atoms with van der Waals surface area (Å²) in [7, 11) is 0. The van der Waals surface area contributed by atoms with E-state index in [1.54, 1.807) is 12.1 Å². The van der Waals surface area contributed by atoms with Gasteiger partial charge in [-0.05, 0) is 42.0 Å². The third-order valence-electron chi connectivity index (χ3n) is 3.52. The van der Waals surface area contributed by atoms with E-state index in [-0.39, 0.29) is 6.61 Å². The van der Waals surface area contributed by atoms with E-state index in [1.165, 1.54) is 4.90 Å². The number of ether oxygens (including phenoxy) is 2. The Morgan fingerprint density at radius 1 is 1.26 bits per heavy atom. The van der Waals surface area contributed by atoms with Gasteiger partial charge in [0.2, 0.25) is 0 Å². The average molecular weight is 378 g/mol. The van der Waals surface area contributed by atoms with Gasteiger partial charge in [-0.3, -0.25) is 4.90 Å². The van der Waals surface area contributed by atoms with Crippen LogP contribution in [0.3, 0.4) is 0 Å². The summed E-state index contributed by atoms with van der Waals surface area (Å²) in [4.78, 5) is 13.2. The van der Waals surface area contributed by atoms with Crippen LogP contribution >= 0.6 is 15.9 Å². The minimum atomic E-state index is -0.463. The smallest absolute Gasteiger partial charge is 0.414 e. The molecule has 1 saturated heterocycles. The topological polar surface area (TPSA) is 59.0 Å². The van der Waals surface area contributed by atoms with Gasteiger partial charge in [-0.2, -0.15) is 0 Å². The van der Waals surface area contributed by atoms with Crippen molar-refractivity contribution in [3.8, 4) is 5.75 Å². The van der Waals surface area contributed by atoms with E-state index in [0.29, 0.717) is 13.2 Å². The summed E-state index contributed by atoms with van der Waals surface area (Å²) < 4.78 is 11.8. The van der Waals surface area contributed by atoms with Gasteiger partial charge in [-0.15, -0.1) is 0 Å². The van der Waals surface area contributed by atoms with E-state index in [1.807, 2.05) is 36.4 Å². The van der Waals surface area contributed by atoms with Crippen LogP contribution in [-0.4, -0.2) is 30.5 Å². The normalized spacial score (nSPS) is 17.2. The van der Waals surface area contributed by atoms with Crippen LogP contribution in [0.5, 0.6) is 5.75 Å². The number of halogens is 1. The molecule has 23 heavy (non-hydrogen) atoms. The quantitative estimate of drug-likeness (QED) is 0.867. The standard InChI is InChI=1S/C17H16BrNO4/c18-13-3-1-2-12(8-13)11-22-15-6-4-14(5-7-15)19-9-16(10-20)23-17(19)21/h1-8,16,20H,9-11H2. The minimum absolute atomic E-state index is 0.171. The summed E-state index contributed by atoms with van der Waals surface area (Å²) in [6.07, 6.45) is -0.901. The monoisotopic (exact) mass is 377 g/mol. The van der Waals surface area contributed by atoms with E-state index in [2.05, 4.69) is 15.9 Å². The summed E-state index contributed by atoms with van der Waals surface area (Å²) in [5.41, 5.74) is 1.79. The maximum Gasteiger partial charge on any atom is 0.414 e. The van der Waals surface area contributed by atoms with Gasteiger partial charge in [0, 0.05) is 10.2 Å². The number of nitrogens with zero attached hydrogens (tertiary/aromatic N) is 1. The molecule has 0 bridgehead atoms. The van der Waals surface area contributed by atoms with Crippen LogP contribution in [0.25, 0.3) is 0 Å². The number of rotatable bonds is 5. The molecule has 120 valence electrons. The fourth-order valence-corrected chi connectivity index (χ4v) is 2.79. The second-order valence-corrected chi connectivity index (χ2v) is 6.13.